The van der Waals surface area contributed by atoms with E-state index in [1.54, 1.807) is 0 Å². The molecule has 0 saturated carbocycles. The van der Waals surface area contributed by atoms with E-state index in [-0.39, 0.29) is 17.5 Å². The van der Waals surface area contributed by atoms with Crippen molar-refractivity contribution < 1.29 is 4.79 Å². The summed E-state index contributed by atoms with van der Waals surface area (Å²) in [7, 11) is 0. The Bertz CT molecular complexity index is 841. The number of fused-ring (bicyclic) bond motifs is 1. The molecule has 0 spiro atoms. The van der Waals surface area contributed by atoms with Gasteiger partial charge in [-0.2, -0.15) is 0 Å². The standard InChI is InChI=1S/C22H26N2O2/c25-21-19(15-17-9-6-11-20(17)23-21)22(26)24-14-5-4-10-18(24)13-12-16-7-2-1-3-8-16/h1-3,7-8,15,18H,4-6,9-14H2,(H,23,25). The fourth-order valence-corrected chi connectivity index (χ4v) is 4.37. The predicted molar refractivity (Wildman–Crippen MR) is 103 cm³/mol. The summed E-state index contributed by atoms with van der Waals surface area (Å²) < 4.78 is 0. The Balaban J connectivity index is 1.52. The number of amides is 1. The zero-order valence-corrected chi connectivity index (χ0v) is 15.2. The molecule has 1 unspecified atom stereocenters. The summed E-state index contributed by atoms with van der Waals surface area (Å²) in [5.41, 5.74) is 3.58. The molecule has 0 radical (unpaired) electrons. The van der Waals surface area contributed by atoms with Gasteiger partial charge in [0.15, 0.2) is 0 Å². The lowest BCUT2D eigenvalue weighted by Gasteiger charge is -2.36. The number of carbonyl (C=O) groups is 1. The van der Waals surface area contributed by atoms with Crippen LogP contribution < -0.4 is 5.56 Å². The first kappa shape index (κ1) is 17.1. The second kappa shape index (κ2) is 7.48. The highest BCUT2D eigenvalue weighted by atomic mass is 16.2. The smallest absolute Gasteiger partial charge is 0.261 e. The van der Waals surface area contributed by atoms with Gasteiger partial charge in [0.2, 0.25) is 0 Å². The number of piperidine rings is 1. The van der Waals surface area contributed by atoms with Crippen molar-refractivity contribution in [1.82, 2.24) is 9.88 Å². The van der Waals surface area contributed by atoms with E-state index in [9.17, 15) is 9.59 Å². The molecule has 1 fully saturated rings. The molecule has 1 N–H and O–H groups in total. The van der Waals surface area contributed by atoms with Crippen molar-refractivity contribution in [2.75, 3.05) is 6.54 Å². The van der Waals surface area contributed by atoms with Crippen LogP contribution in [0.2, 0.25) is 0 Å². The number of hydrogen-bond acceptors (Lipinski definition) is 2. The van der Waals surface area contributed by atoms with Crippen LogP contribution in [-0.4, -0.2) is 28.4 Å². The Kier molecular flexibility index (Phi) is 4.91. The fraction of sp³-hybridized carbons (Fsp3) is 0.455. The third kappa shape index (κ3) is 3.46. The first-order valence-electron chi connectivity index (χ1n) is 9.82. The Hall–Kier alpha value is -2.36. The second-order valence-corrected chi connectivity index (χ2v) is 7.54. The lowest BCUT2D eigenvalue weighted by molar-refractivity contribution is 0.0600. The highest BCUT2D eigenvalue weighted by Gasteiger charge is 2.29. The number of nitrogens with zero attached hydrogens (tertiary/aromatic N) is 1. The van der Waals surface area contributed by atoms with Gasteiger partial charge >= 0.3 is 0 Å². The van der Waals surface area contributed by atoms with Gasteiger partial charge in [0.05, 0.1) is 0 Å². The molecular weight excluding hydrogens is 324 g/mol. The monoisotopic (exact) mass is 350 g/mol. The number of aromatic amines is 1. The maximum Gasteiger partial charge on any atom is 0.261 e. The topological polar surface area (TPSA) is 53.2 Å². The molecule has 2 heterocycles. The number of likely N-dealkylation sites (tertiary alicyclic amines) is 1. The number of H-pyrrole nitrogens is 1. The Morgan fingerprint density at radius 1 is 1.12 bits per heavy atom. The van der Waals surface area contributed by atoms with Crippen molar-refractivity contribution in [1.29, 1.82) is 0 Å². The van der Waals surface area contributed by atoms with Crippen LogP contribution in [0.1, 0.15) is 59.3 Å². The minimum atomic E-state index is -0.219. The van der Waals surface area contributed by atoms with Gasteiger partial charge in [-0.25, -0.2) is 0 Å². The molecule has 4 heteroatoms. The molecular formula is C22H26N2O2. The SMILES string of the molecule is O=C(c1cc2c([nH]c1=O)CCC2)N1CCCCC1CCc1ccccc1. The van der Waals surface area contributed by atoms with Gasteiger partial charge in [-0.15, -0.1) is 0 Å². The average Bonchev–Trinajstić information content (AvgIpc) is 3.13. The van der Waals surface area contributed by atoms with Crippen molar-refractivity contribution in [2.24, 2.45) is 0 Å². The molecule has 2 aliphatic rings. The van der Waals surface area contributed by atoms with Gasteiger partial charge in [-0.05, 0) is 68.6 Å². The normalized spacial score (nSPS) is 19.4. The molecule has 1 aromatic carbocycles. The van der Waals surface area contributed by atoms with E-state index in [1.165, 1.54) is 5.56 Å². The van der Waals surface area contributed by atoms with E-state index in [1.807, 2.05) is 17.0 Å². The number of pyridine rings is 1. The van der Waals surface area contributed by atoms with Crippen LogP contribution in [0.25, 0.3) is 0 Å². The zero-order valence-electron chi connectivity index (χ0n) is 15.2. The van der Waals surface area contributed by atoms with Crippen LogP contribution in [0.5, 0.6) is 0 Å². The molecule has 2 aromatic rings. The van der Waals surface area contributed by atoms with E-state index in [0.717, 1.165) is 69.2 Å². The number of aromatic nitrogens is 1. The molecule has 4 rings (SSSR count). The van der Waals surface area contributed by atoms with Gasteiger partial charge < -0.3 is 9.88 Å². The average molecular weight is 350 g/mol. The van der Waals surface area contributed by atoms with Gasteiger partial charge in [-0.1, -0.05) is 30.3 Å². The summed E-state index contributed by atoms with van der Waals surface area (Å²) in [5.74, 6) is -0.0845. The van der Waals surface area contributed by atoms with Crippen molar-refractivity contribution in [3.63, 3.8) is 0 Å². The summed E-state index contributed by atoms with van der Waals surface area (Å²) in [6, 6.07) is 12.5. The van der Waals surface area contributed by atoms with Gasteiger partial charge in [0.1, 0.15) is 5.56 Å². The number of benzene rings is 1. The summed E-state index contributed by atoms with van der Waals surface area (Å²) >= 11 is 0. The van der Waals surface area contributed by atoms with E-state index in [4.69, 9.17) is 0 Å². The fourth-order valence-electron chi connectivity index (χ4n) is 4.37. The highest BCUT2D eigenvalue weighted by molar-refractivity contribution is 5.94. The Morgan fingerprint density at radius 2 is 1.96 bits per heavy atom. The molecule has 136 valence electrons. The maximum atomic E-state index is 13.1. The molecule has 4 nitrogen and oxygen atoms in total. The van der Waals surface area contributed by atoms with Crippen LogP contribution in [0, 0.1) is 0 Å². The summed E-state index contributed by atoms with van der Waals surface area (Å²) in [6.07, 6.45) is 8.08. The number of carbonyl (C=O) groups excluding carboxylic acids is 1. The molecule has 1 aromatic heterocycles. The predicted octanol–water partition coefficient (Wildman–Crippen LogP) is 3.49. The molecule has 26 heavy (non-hydrogen) atoms. The maximum absolute atomic E-state index is 13.1. The first-order valence-corrected chi connectivity index (χ1v) is 9.82. The number of aryl methyl sites for hydroxylation is 3. The lowest BCUT2D eigenvalue weighted by Crippen LogP contribution is -2.45. The number of nitrogens with one attached hydrogen (secondary N) is 1. The lowest BCUT2D eigenvalue weighted by atomic mass is 9.95. The number of rotatable bonds is 4. The van der Waals surface area contributed by atoms with Crippen molar-refractivity contribution in [3.8, 4) is 0 Å². The van der Waals surface area contributed by atoms with E-state index in [0.29, 0.717) is 5.56 Å². The number of hydrogen-bond donors (Lipinski definition) is 1. The van der Waals surface area contributed by atoms with Gasteiger partial charge in [0, 0.05) is 18.3 Å². The van der Waals surface area contributed by atoms with Crippen LogP contribution >= 0.6 is 0 Å². The third-order valence-corrected chi connectivity index (χ3v) is 5.82. The van der Waals surface area contributed by atoms with Crippen molar-refractivity contribution in [2.45, 2.75) is 57.4 Å². The summed E-state index contributed by atoms with van der Waals surface area (Å²) in [4.78, 5) is 30.5. The minimum Gasteiger partial charge on any atom is -0.335 e. The van der Waals surface area contributed by atoms with E-state index >= 15 is 0 Å². The Labute approximate surface area is 154 Å². The molecule has 1 aliphatic heterocycles. The van der Waals surface area contributed by atoms with Crippen LogP contribution in [0.3, 0.4) is 0 Å². The summed E-state index contributed by atoms with van der Waals surface area (Å²) in [5, 5.41) is 0. The van der Waals surface area contributed by atoms with E-state index in [2.05, 4.69) is 29.2 Å². The third-order valence-electron chi connectivity index (χ3n) is 5.82. The minimum absolute atomic E-state index is 0.0845. The highest BCUT2D eigenvalue weighted by Crippen LogP contribution is 2.24. The van der Waals surface area contributed by atoms with Gasteiger partial charge in [-0.3, -0.25) is 9.59 Å². The van der Waals surface area contributed by atoms with Crippen molar-refractivity contribution in [3.05, 3.63) is 69.1 Å². The quantitative estimate of drug-likeness (QED) is 0.918. The molecule has 0 bridgehead atoms. The summed E-state index contributed by atoms with van der Waals surface area (Å²) in [6.45, 7) is 0.759. The first-order chi connectivity index (χ1) is 12.7. The van der Waals surface area contributed by atoms with Crippen LogP contribution in [0.15, 0.2) is 41.2 Å². The second-order valence-electron chi connectivity index (χ2n) is 7.54. The van der Waals surface area contributed by atoms with Crippen LogP contribution in [-0.2, 0) is 19.3 Å². The largest absolute Gasteiger partial charge is 0.335 e. The molecule has 1 aliphatic carbocycles. The molecule has 1 amide bonds. The Morgan fingerprint density at radius 3 is 2.81 bits per heavy atom. The molecule has 1 saturated heterocycles. The molecule has 1 atom stereocenters. The van der Waals surface area contributed by atoms with E-state index < -0.39 is 0 Å². The van der Waals surface area contributed by atoms with Crippen molar-refractivity contribution >= 4 is 5.91 Å². The van der Waals surface area contributed by atoms with Gasteiger partial charge in [0.25, 0.3) is 11.5 Å². The van der Waals surface area contributed by atoms with Crippen LogP contribution in [0.4, 0.5) is 0 Å². The zero-order chi connectivity index (χ0) is 17.9.